The second-order valence-electron chi connectivity index (χ2n) is 6.14. The molecule has 0 aromatic rings. The van der Waals surface area contributed by atoms with Crippen molar-refractivity contribution in [2.24, 2.45) is 11.3 Å². The molecule has 1 atom stereocenters. The summed E-state index contributed by atoms with van der Waals surface area (Å²) in [5.74, 6) is 0.0311. The molecule has 0 aromatic heterocycles. The molecule has 16 heavy (non-hydrogen) atoms. The summed E-state index contributed by atoms with van der Waals surface area (Å²) in [5.41, 5.74) is 0.392. The maximum absolute atomic E-state index is 10.7. The van der Waals surface area contributed by atoms with Crippen molar-refractivity contribution in [3.05, 3.63) is 0 Å². The Morgan fingerprint density at radius 3 is 2.12 bits per heavy atom. The summed E-state index contributed by atoms with van der Waals surface area (Å²) in [4.78, 5) is 10.7. The Morgan fingerprint density at radius 1 is 1.25 bits per heavy atom. The molecule has 94 valence electrons. The average molecular weight is 227 g/mol. The third kappa shape index (κ3) is 3.78. The topological polar surface area (TPSA) is 49.3 Å². The fraction of sp³-hybridized carbons (Fsp3) is 0.923. The van der Waals surface area contributed by atoms with Crippen molar-refractivity contribution in [2.75, 3.05) is 0 Å². The summed E-state index contributed by atoms with van der Waals surface area (Å²) in [7, 11) is 0. The van der Waals surface area contributed by atoms with Crippen molar-refractivity contribution in [1.82, 2.24) is 5.32 Å². The lowest BCUT2D eigenvalue weighted by Gasteiger charge is -2.37. The lowest BCUT2D eigenvalue weighted by Crippen LogP contribution is -2.44. The highest BCUT2D eigenvalue weighted by Gasteiger charge is 2.30. The molecule has 0 bridgehead atoms. The third-order valence-electron chi connectivity index (χ3n) is 3.81. The van der Waals surface area contributed by atoms with E-state index in [4.69, 9.17) is 5.11 Å². The van der Waals surface area contributed by atoms with Crippen molar-refractivity contribution < 1.29 is 9.90 Å². The summed E-state index contributed by atoms with van der Waals surface area (Å²) in [6.45, 7) is 8.61. The van der Waals surface area contributed by atoms with Crippen LogP contribution in [-0.2, 0) is 4.79 Å². The van der Waals surface area contributed by atoms with Gasteiger partial charge in [-0.3, -0.25) is 4.79 Å². The molecule has 1 fully saturated rings. The van der Waals surface area contributed by atoms with E-state index < -0.39 is 12.0 Å². The van der Waals surface area contributed by atoms with E-state index >= 15 is 0 Å². The fourth-order valence-electron chi connectivity index (χ4n) is 2.55. The first-order valence-corrected chi connectivity index (χ1v) is 6.29. The lowest BCUT2D eigenvalue weighted by atomic mass is 9.71. The van der Waals surface area contributed by atoms with Crippen molar-refractivity contribution >= 4 is 5.97 Å². The Labute approximate surface area is 98.6 Å². The minimum absolute atomic E-state index is 0.392. The van der Waals surface area contributed by atoms with Crippen LogP contribution in [0.3, 0.4) is 0 Å². The molecule has 2 N–H and O–H groups in total. The van der Waals surface area contributed by atoms with Crippen LogP contribution in [0.25, 0.3) is 0 Å². The maximum Gasteiger partial charge on any atom is 0.320 e. The standard InChI is InChI=1S/C13H25NO2/c1-9(12(15)16)14-11-7-5-10(6-8-11)13(2,3)4/h9-11,14H,5-8H2,1-4H3,(H,15,16). The SMILES string of the molecule is CC(NC1CCC(C(C)(C)C)CC1)C(=O)O. The first-order chi connectivity index (χ1) is 7.30. The number of hydrogen-bond acceptors (Lipinski definition) is 2. The number of hydrogen-bond donors (Lipinski definition) is 2. The molecule has 1 aliphatic carbocycles. The second-order valence-corrected chi connectivity index (χ2v) is 6.14. The summed E-state index contributed by atoms with van der Waals surface area (Å²) in [6.07, 6.45) is 4.65. The molecule has 0 aromatic carbocycles. The van der Waals surface area contributed by atoms with E-state index in [1.165, 1.54) is 12.8 Å². The number of rotatable bonds is 3. The highest BCUT2D eigenvalue weighted by atomic mass is 16.4. The molecule has 3 nitrogen and oxygen atoms in total. The van der Waals surface area contributed by atoms with Crippen LogP contribution in [0.1, 0.15) is 53.4 Å². The molecule has 0 aliphatic heterocycles. The van der Waals surface area contributed by atoms with E-state index in [1.54, 1.807) is 6.92 Å². The van der Waals surface area contributed by atoms with Crippen LogP contribution in [0, 0.1) is 11.3 Å². The Morgan fingerprint density at radius 2 is 1.75 bits per heavy atom. The molecule has 1 unspecified atom stereocenters. The van der Waals surface area contributed by atoms with Gasteiger partial charge in [-0.1, -0.05) is 20.8 Å². The molecule has 3 heteroatoms. The summed E-state index contributed by atoms with van der Waals surface area (Å²) < 4.78 is 0. The van der Waals surface area contributed by atoms with Gasteiger partial charge in [0.05, 0.1) is 0 Å². The van der Waals surface area contributed by atoms with Gasteiger partial charge >= 0.3 is 5.97 Å². The van der Waals surface area contributed by atoms with Crippen LogP contribution < -0.4 is 5.32 Å². The zero-order valence-corrected chi connectivity index (χ0v) is 10.9. The first-order valence-electron chi connectivity index (χ1n) is 6.29. The fourth-order valence-corrected chi connectivity index (χ4v) is 2.55. The van der Waals surface area contributed by atoms with Gasteiger partial charge in [0.15, 0.2) is 0 Å². The van der Waals surface area contributed by atoms with Crippen LogP contribution in [0.2, 0.25) is 0 Å². The summed E-state index contributed by atoms with van der Waals surface area (Å²) in [6, 6.07) is -0.0270. The summed E-state index contributed by atoms with van der Waals surface area (Å²) in [5, 5.41) is 12.0. The second kappa shape index (κ2) is 5.17. The monoisotopic (exact) mass is 227 g/mol. The van der Waals surface area contributed by atoms with Crippen molar-refractivity contribution in [1.29, 1.82) is 0 Å². The van der Waals surface area contributed by atoms with Gasteiger partial charge in [0, 0.05) is 6.04 Å². The predicted octanol–water partition coefficient (Wildman–Crippen LogP) is 2.65. The number of aliphatic carboxylic acids is 1. The van der Waals surface area contributed by atoms with Crippen LogP contribution in [0.5, 0.6) is 0 Å². The van der Waals surface area contributed by atoms with Crippen LogP contribution >= 0.6 is 0 Å². The number of carboxylic acids is 1. The van der Waals surface area contributed by atoms with Gasteiger partial charge < -0.3 is 10.4 Å². The van der Waals surface area contributed by atoms with Crippen LogP contribution in [0.15, 0.2) is 0 Å². The highest BCUT2D eigenvalue weighted by Crippen LogP contribution is 2.37. The smallest absolute Gasteiger partial charge is 0.320 e. The third-order valence-corrected chi connectivity index (χ3v) is 3.81. The molecular weight excluding hydrogens is 202 g/mol. The van der Waals surface area contributed by atoms with Gasteiger partial charge in [-0.05, 0) is 43.9 Å². The normalized spacial score (nSPS) is 28.8. The van der Waals surface area contributed by atoms with E-state index in [0.29, 0.717) is 11.5 Å². The zero-order valence-electron chi connectivity index (χ0n) is 10.9. The Kier molecular flexibility index (Phi) is 4.36. The molecular formula is C13H25NO2. The van der Waals surface area contributed by atoms with E-state index in [0.717, 1.165) is 18.8 Å². The van der Waals surface area contributed by atoms with Gasteiger partial charge in [0.1, 0.15) is 6.04 Å². The average Bonchev–Trinajstić information content (AvgIpc) is 2.17. The first kappa shape index (κ1) is 13.5. The minimum atomic E-state index is -0.752. The van der Waals surface area contributed by atoms with E-state index in [9.17, 15) is 4.79 Å². The maximum atomic E-state index is 10.7. The molecule has 0 saturated heterocycles. The number of carbonyl (C=O) groups is 1. The van der Waals surface area contributed by atoms with E-state index in [1.807, 2.05) is 0 Å². The quantitative estimate of drug-likeness (QED) is 0.779. The van der Waals surface area contributed by atoms with Crippen molar-refractivity contribution in [2.45, 2.75) is 65.5 Å². The molecule has 1 aliphatic rings. The molecule has 1 saturated carbocycles. The Hall–Kier alpha value is -0.570. The summed E-state index contributed by atoms with van der Waals surface area (Å²) >= 11 is 0. The molecule has 1 rings (SSSR count). The van der Waals surface area contributed by atoms with Crippen molar-refractivity contribution in [3.63, 3.8) is 0 Å². The van der Waals surface area contributed by atoms with Gasteiger partial charge in [0.25, 0.3) is 0 Å². The Balaban J connectivity index is 2.35. The minimum Gasteiger partial charge on any atom is -0.480 e. The predicted molar refractivity (Wildman–Crippen MR) is 65.4 cm³/mol. The highest BCUT2D eigenvalue weighted by molar-refractivity contribution is 5.72. The van der Waals surface area contributed by atoms with E-state index in [-0.39, 0.29) is 0 Å². The van der Waals surface area contributed by atoms with Crippen LogP contribution in [0.4, 0.5) is 0 Å². The zero-order chi connectivity index (χ0) is 12.3. The van der Waals surface area contributed by atoms with E-state index in [2.05, 4.69) is 26.1 Å². The van der Waals surface area contributed by atoms with Crippen molar-refractivity contribution in [3.8, 4) is 0 Å². The molecule has 0 spiro atoms. The molecule has 0 radical (unpaired) electrons. The van der Waals surface area contributed by atoms with Gasteiger partial charge in [-0.15, -0.1) is 0 Å². The Bertz CT molecular complexity index is 237. The van der Waals surface area contributed by atoms with Gasteiger partial charge in [0.2, 0.25) is 0 Å². The number of carboxylic acid groups (broad SMARTS) is 1. The lowest BCUT2D eigenvalue weighted by molar-refractivity contribution is -0.139. The van der Waals surface area contributed by atoms with Crippen LogP contribution in [-0.4, -0.2) is 23.2 Å². The largest absolute Gasteiger partial charge is 0.480 e. The number of nitrogens with one attached hydrogen (secondary N) is 1. The molecule has 0 heterocycles. The van der Waals surface area contributed by atoms with Gasteiger partial charge in [-0.25, -0.2) is 0 Å². The van der Waals surface area contributed by atoms with Gasteiger partial charge in [-0.2, -0.15) is 0 Å². The molecule has 0 amide bonds.